The number of hydrogen-bond donors (Lipinski definition) is 1. The van der Waals surface area contributed by atoms with Gasteiger partial charge in [0.25, 0.3) is 0 Å². The first-order valence-corrected chi connectivity index (χ1v) is 7.32. The predicted octanol–water partition coefficient (Wildman–Crippen LogP) is 2.06. The van der Waals surface area contributed by atoms with Crippen LogP contribution in [0.5, 0.6) is 0 Å². The summed E-state index contributed by atoms with van der Waals surface area (Å²) in [7, 11) is 1.45. The highest BCUT2D eigenvalue weighted by Gasteiger charge is 2.20. The van der Waals surface area contributed by atoms with Crippen molar-refractivity contribution in [2.75, 3.05) is 25.2 Å². The lowest BCUT2D eigenvalue weighted by Crippen LogP contribution is -2.39. The molecule has 1 N–H and O–H groups in total. The lowest BCUT2D eigenvalue weighted by Gasteiger charge is -2.16. The Labute approximate surface area is 103 Å². The molecule has 1 aliphatic rings. The third-order valence-corrected chi connectivity index (χ3v) is 4.33. The number of rotatable bonds is 7. The Hall–Kier alpha value is -0.220. The lowest BCUT2D eigenvalue weighted by atomic mass is 10.1. The first kappa shape index (κ1) is 13.8. The van der Waals surface area contributed by atoms with Crippen molar-refractivity contribution in [1.82, 2.24) is 5.32 Å². The van der Waals surface area contributed by atoms with Gasteiger partial charge in [-0.05, 0) is 31.1 Å². The number of thioether (sulfide) groups is 1. The number of carbonyl (C=O) groups excluding carboxylic acids is 1. The largest absolute Gasteiger partial charge is 0.468 e. The highest BCUT2D eigenvalue weighted by Crippen LogP contribution is 2.27. The van der Waals surface area contributed by atoms with Gasteiger partial charge in [0, 0.05) is 5.75 Å². The molecule has 0 spiro atoms. The monoisotopic (exact) mass is 245 g/mol. The number of esters is 1. The minimum Gasteiger partial charge on any atom is -0.468 e. The summed E-state index contributed by atoms with van der Waals surface area (Å²) in [5, 5.41) is 3.16. The van der Waals surface area contributed by atoms with Crippen molar-refractivity contribution in [3.05, 3.63) is 0 Å². The van der Waals surface area contributed by atoms with Crippen LogP contribution in [0.2, 0.25) is 0 Å². The summed E-state index contributed by atoms with van der Waals surface area (Å²) in [5.74, 6) is 2.77. The molecule has 0 radical (unpaired) electrons. The molecule has 1 saturated carbocycles. The first-order chi connectivity index (χ1) is 7.77. The molecule has 1 aliphatic carbocycles. The van der Waals surface area contributed by atoms with E-state index in [1.165, 1.54) is 38.5 Å². The minimum absolute atomic E-state index is 0.138. The minimum atomic E-state index is -0.138. The second-order valence-corrected chi connectivity index (χ2v) is 5.40. The zero-order valence-corrected chi connectivity index (χ0v) is 11.1. The quantitative estimate of drug-likeness (QED) is 0.697. The molecule has 1 fully saturated rings. The van der Waals surface area contributed by atoms with E-state index in [-0.39, 0.29) is 12.0 Å². The Morgan fingerprint density at radius 1 is 1.50 bits per heavy atom. The van der Waals surface area contributed by atoms with Gasteiger partial charge in [0.15, 0.2) is 0 Å². The van der Waals surface area contributed by atoms with Crippen molar-refractivity contribution < 1.29 is 9.53 Å². The van der Waals surface area contributed by atoms with Gasteiger partial charge in [-0.15, -0.1) is 0 Å². The zero-order chi connectivity index (χ0) is 11.8. The third kappa shape index (κ3) is 4.74. The summed E-state index contributed by atoms with van der Waals surface area (Å²) in [6.45, 7) is 2.82. The number of hydrogen-bond acceptors (Lipinski definition) is 4. The maximum atomic E-state index is 11.4. The smallest absolute Gasteiger partial charge is 0.323 e. The summed E-state index contributed by atoms with van der Waals surface area (Å²) in [4.78, 5) is 11.4. The predicted molar refractivity (Wildman–Crippen MR) is 68.8 cm³/mol. The van der Waals surface area contributed by atoms with Crippen LogP contribution in [0.15, 0.2) is 0 Å². The Bertz CT molecular complexity index is 205. The molecule has 0 bridgehead atoms. The highest BCUT2D eigenvalue weighted by atomic mass is 32.2. The number of methoxy groups -OCH3 is 1. The van der Waals surface area contributed by atoms with Crippen molar-refractivity contribution in [3.63, 3.8) is 0 Å². The van der Waals surface area contributed by atoms with E-state index in [4.69, 9.17) is 4.74 Å². The average Bonchev–Trinajstić information content (AvgIpc) is 2.80. The molecule has 4 heteroatoms. The maximum absolute atomic E-state index is 11.4. The summed E-state index contributed by atoms with van der Waals surface area (Å²) in [6.07, 6.45) is 5.52. The normalized spacial score (nSPS) is 18.6. The van der Waals surface area contributed by atoms with Crippen molar-refractivity contribution >= 4 is 17.7 Å². The molecule has 1 rings (SSSR count). The number of likely N-dealkylation sites (N-methyl/N-ethyl adjacent to an activating group) is 1. The standard InChI is InChI=1S/C12H23NO2S/c1-3-13-11(12(14)15-2)9-16-8-10-6-4-5-7-10/h10-11,13H,3-9H2,1-2H3. The van der Waals surface area contributed by atoms with Gasteiger partial charge in [-0.3, -0.25) is 4.79 Å². The van der Waals surface area contributed by atoms with Gasteiger partial charge >= 0.3 is 5.97 Å². The van der Waals surface area contributed by atoms with Gasteiger partial charge in [-0.2, -0.15) is 11.8 Å². The van der Waals surface area contributed by atoms with E-state index in [1.54, 1.807) is 0 Å². The molecule has 0 aromatic rings. The van der Waals surface area contributed by atoms with Crippen LogP contribution in [0.4, 0.5) is 0 Å². The van der Waals surface area contributed by atoms with Crippen LogP contribution in [-0.4, -0.2) is 37.2 Å². The fourth-order valence-corrected chi connectivity index (χ4v) is 3.42. The van der Waals surface area contributed by atoms with Crippen LogP contribution in [0.3, 0.4) is 0 Å². The lowest BCUT2D eigenvalue weighted by molar-refractivity contribution is -0.142. The second-order valence-electron chi connectivity index (χ2n) is 4.32. The van der Waals surface area contributed by atoms with E-state index in [1.807, 2.05) is 18.7 Å². The molecule has 0 amide bonds. The number of carbonyl (C=O) groups is 1. The molecule has 0 aliphatic heterocycles. The van der Waals surface area contributed by atoms with E-state index in [2.05, 4.69) is 5.32 Å². The van der Waals surface area contributed by atoms with Crippen LogP contribution in [0.1, 0.15) is 32.6 Å². The molecule has 0 aromatic carbocycles. The summed E-state index contributed by atoms with van der Waals surface area (Å²) >= 11 is 1.88. The molecular weight excluding hydrogens is 222 g/mol. The van der Waals surface area contributed by atoms with Crippen LogP contribution in [0, 0.1) is 5.92 Å². The van der Waals surface area contributed by atoms with Gasteiger partial charge in [-0.25, -0.2) is 0 Å². The van der Waals surface area contributed by atoms with Gasteiger partial charge in [0.1, 0.15) is 6.04 Å². The highest BCUT2D eigenvalue weighted by molar-refractivity contribution is 7.99. The molecule has 3 nitrogen and oxygen atoms in total. The van der Waals surface area contributed by atoms with E-state index in [0.29, 0.717) is 0 Å². The second kappa shape index (κ2) is 7.96. The fraction of sp³-hybridized carbons (Fsp3) is 0.917. The Morgan fingerprint density at radius 3 is 2.75 bits per heavy atom. The van der Waals surface area contributed by atoms with E-state index >= 15 is 0 Å². The fourth-order valence-electron chi connectivity index (χ4n) is 2.13. The molecule has 1 unspecified atom stereocenters. The summed E-state index contributed by atoms with van der Waals surface area (Å²) in [6, 6.07) is -0.138. The Kier molecular flexibility index (Phi) is 6.88. The van der Waals surface area contributed by atoms with Crippen molar-refractivity contribution in [2.45, 2.75) is 38.6 Å². The molecule has 16 heavy (non-hydrogen) atoms. The number of nitrogens with one attached hydrogen (secondary N) is 1. The van der Waals surface area contributed by atoms with Crippen LogP contribution in [0.25, 0.3) is 0 Å². The van der Waals surface area contributed by atoms with Crippen LogP contribution >= 0.6 is 11.8 Å². The van der Waals surface area contributed by atoms with Crippen molar-refractivity contribution in [1.29, 1.82) is 0 Å². The SMILES string of the molecule is CCNC(CSCC1CCCC1)C(=O)OC. The summed E-state index contributed by atoms with van der Waals surface area (Å²) < 4.78 is 4.77. The Morgan fingerprint density at radius 2 is 2.19 bits per heavy atom. The number of ether oxygens (including phenoxy) is 1. The molecule has 94 valence electrons. The molecule has 1 atom stereocenters. The van der Waals surface area contributed by atoms with Gasteiger partial charge in [0.05, 0.1) is 7.11 Å². The van der Waals surface area contributed by atoms with Crippen LogP contribution < -0.4 is 5.32 Å². The average molecular weight is 245 g/mol. The molecule has 0 heterocycles. The topological polar surface area (TPSA) is 38.3 Å². The van der Waals surface area contributed by atoms with Crippen molar-refractivity contribution in [2.24, 2.45) is 5.92 Å². The zero-order valence-electron chi connectivity index (χ0n) is 10.3. The molecule has 0 aromatic heterocycles. The Balaban J connectivity index is 2.18. The summed E-state index contributed by atoms with van der Waals surface area (Å²) in [5.41, 5.74) is 0. The molecule has 0 saturated heterocycles. The van der Waals surface area contributed by atoms with Gasteiger partial charge in [-0.1, -0.05) is 19.8 Å². The molecular formula is C12H23NO2S. The third-order valence-electron chi connectivity index (χ3n) is 3.05. The van der Waals surface area contributed by atoms with E-state index < -0.39 is 0 Å². The van der Waals surface area contributed by atoms with Crippen LogP contribution in [-0.2, 0) is 9.53 Å². The maximum Gasteiger partial charge on any atom is 0.323 e. The van der Waals surface area contributed by atoms with E-state index in [0.717, 1.165) is 18.2 Å². The van der Waals surface area contributed by atoms with Crippen molar-refractivity contribution in [3.8, 4) is 0 Å². The van der Waals surface area contributed by atoms with Gasteiger partial charge < -0.3 is 10.1 Å². The van der Waals surface area contributed by atoms with E-state index in [9.17, 15) is 4.79 Å². The van der Waals surface area contributed by atoms with Gasteiger partial charge in [0.2, 0.25) is 0 Å². The first-order valence-electron chi connectivity index (χ1n) is 6.16.